The van der Waals surface area contributed by atoms with Crippen molar-refractivity contribution in [3.63, 3.8) is 0 Å². The summed E-state index contributed by atoms with van der Waals surface area (Å²) in [7, 11) is 8.19. The van der Waals surface area contributed by atoms with Crippen LogP contribution in [0.4, 0.5) is 56.9 Å². The Hall–Kier alpha value is -5.90. The van der Waals surface area contributed by atoms with Crippen LogP contribution in [-0.4, -0.2) is 70.4 Å². The average Bonchev–Trinajstić information content (AvgIpc) is 3.18. The van der Waals surface area contributed by atoms with Crippen molar-refractivity contribution in [1.82, 2.24) is 0 Å². The van der Waals surface area contributed by atoms with Crippen molar-refractivity contribution in [2.75, 3.05) is 99.7 Å². The molecular formula is C53H80N10. The van der Waals surface area contributed by atoms with Crippen LogP contribution in [0.25, 0.3) is 0 Å². The Labute approximate surface area is 381 Å². The zero-order valence-corrected chi connectivity index (χ0v) is 41.5. The molecule has 0 aliphatic carbocycles. The molecular weight excluding hydrogens is 777 g/mol. The lowest BCUT2D eigenvalue weighted by molar-refractivity contribution is 0.380. The second kappa shape index (κ2) is 20.1. The Kier molecular flexibility index (Phi) is 15.9. The van der Waals surface area contributed by atoms with Gasteiger partial charge in [-0.25, -0.2) is 0 Å². The third kappa shape index (κ3) is 14.1. The number of nitrogen functional groups attached to an aromatic ring is 3. The molecule has 10 nitrogen and oxygen atoms in total. The highest BCUT2D eigenvalue weighted by atomic mass is 15.5. The lowest BCUT2D eigenvalue weighted by Gasteiger charge is -2.48. The first-order chi connectivity index (χ1) is 29.1. The number of rotatable bonds is 7. The molecule has 0 radical (unpaired) electrons. The zero-order chi connectivity index (χ0) is 47.1. The first kappa shape index (κ1) is 49.8. The summed E-state index contributed by atoms with van der Waals surface area (Å²) in [6, 6.07) is 42.2. The van der Waals surface area contributed by atoms with Crippen LogP contribution in [0.15, 0.2) is 121 Å². The third-order valence-electron chi connectivity index (χ3n) is 10.7. The second-order valence-corrected chi connectivity index (χ2v) is 21.0. The summed E-state index contributed by atoms with van der Waals surface area (Å²) in [4.78, 5) is 16.7. The first-order valence-corrected chi connectivity index (χ1v) is 22.1. The number of hydrogen-bond acceptors (Lipinski definition) is 10. The lowest BCUT2D eigenvalue weighted by atomic mass is 9.94. The van der Waals surface area contributed by atoms with Gasteiger partial charge in [-0.05, 0) is 204 Å². The monoisotopic (exact) mass is 857 g/mol. The van der Waals surface area contributed by atoms with Crippen LogP contribution in [0.1, 0.15) is 83.1 Å². The van der Waals surface area contributed by atoms with E-state index >= 15 is 0 Å². The minimum Gasteiger partial charge on any atom is -0.399 e. The summed E-state index contributed by atoms with van der Waals surface area (Å²) in [5, 5.41) is 0. The van der Waals surface area contributed by atoms with Crippen molar-refractivity contribution < 1.29 is 0 Å². The van der Waals surface area contributed by atoms with Crippen molar-refractivity contribution in [2.24, 2.45) is 0 Å². The molecule has 342 valence electrons. The van der Waals surface area contributed by atoms with Crippen LogP contribution in [0, 0.1) is 0 Å². The molecule has 6 rings (SSSR count). The van der Waals surface area contributed by atoms with Gasteiger partial charge < -0.3 is 51.5 Å². The van der Waals surface area contributed by atoms with Crippen LogP contribution < -0.4 is 51.5 Å². The summed E-state index contributed by atoms with van der Waals surface area (Å²) in [5.41, 5.74) is 27.2. The third-order valence-corrected chi connectivity index (χ3v) is 10.7. The quantitative estimate of drug-likeness (QED) is 0.137. The van der Waals surface area contributed by atoms with E-state index in [1.165, 1.54) is 39.8 Å². The van der Waals surface area contributed by atoms with E-state index in [9.17, 15) is 0 Å². The Morgan fingerprint density at radius 3 is 0.714 bits per heavy atom. The maximum Gasteiger partial charge on any atom is 0.0937 e. The lowest BCUT2D eigenvalue weighted by Crippen LogP contribution is -2.56. The Morgan fingerprint density at radius 1 is 0.317 bits per heavy atom. The van der Waals surface area contributed by atoms with Gasteiger partial charge in [0.25, 0.3) is 0 Å². The predicted molar refractivity (Wildman–Crippen MR) is 280 cm³/mol. The minimum absolute atomic E-state index is 0.0128. The van der Waals surface area contributed by atoms with Crippen LogP contribution in [0.3, 0.4) is 0 Å². The molecule has 0 aromatic heterocycles. The van der Waals surface area contributed by atoms with Gasteiger partial charge in [0.2, 0.25) is 0 Å². The molecule has 0 spiro atoms. The Bertz CT molecular complexity index is 1980. The van der Waals surface area contributed by atoms with Gasteiger partial charge in [-0.1, -0.05) is 0 Å². The number of benzene rings is 5. The van der Waals surface area contributed by atoms with Crippen molar-refractivity contribution in [3.05, 3.63) is 121 Å². The molecule has 63 heavy (non-hydrogen) atoms. The zero-order valence-electron chi connectivity index (χ0n) is 41.5. The molecule has 1 fully saturated rings. The average molecular weight is 857 g/mol. The molecule has 0 atom stereocenters. The van der Waals surface area contributed by atoms with E-state index in [0.29, 0.717) is 0 Å². The maximum absolute atomic E-state index is 5.51. The van der Waals surface area contributed by atoms with E-state index in [4.69, 9.17) is 17.2 Å². The molecule has 1 aliphatic rings. The van der Waals surface area contributed by atoms with Gasteiger partial charge in [0.15, 0.2) is 0 Å². The number of hydrogen-bond donors (Lipinski definition) is 3. The molecule has 5 aromatic rings. The highest BCUT2D eigenvalue weighted by Gasteiger charge is 2.33. The summed E-state index contributed by atoms with van der Waals surface area (Å²) < 4.78 is 0. The molecule has 0 amide bonds. The number of nitrogens with zero attached hydrogens (tertiary/aromatic N) is 7. The van der Waals surface area contributed by atoms with Gasteiger partial charge in [-0.2, -0.15) is 0 Å². The second-order valence-electron chi connectivity index (χ2n) is 21.0. The van der Waals surface area contributed by atoms with Crippen molar-refractivity contribution in [1.29, 1.82) is 0 Å². The summed E-state index contributed by atoms with van der Waals surface area (Å²) in [6.45, 7) is 30.0. The molecule has 6 N–H and O–H groups in total. The van der Waals surface area contributed by atoms with Gasteiger partial charge in [0, 0.05) is 107 Å². The molecule has 0 unspecified atom stereocenters. The summed E-state index contributed by atoms with van der Waals surface area (Å²) in [5.74, 6) is 0. The fourth-order valence-corrected chi connectivity index (χ4v) is 8.66. The van der Waals surface area contributed by atoms with Crippen LogP contribution in [0.5, 0.6) is 0 Å². The largest absolute Gasteiger partial charge is 0.399 e. The van der Waals surface area contributed by atoms with E-state index in [1.807, 2.05) is 43.3 Å². The van der Waals surface area contributed by atoms with Gasteiger partial charge in [0.05, 0.1) is 20.0 Å². The van der Waals surface area contributed by atoms with Gasteiger partial charge in [0.1, 0.15) is 0 Å². The van der Waals surface area contributed by atoms with Gasteiger partial charge in [-0.3, -0.25) is 0 Å². The van der Waals surface area contributed by atoms with Crippen molar-refractivity contribution >= 4 is 56.9 Å². The predicted octanol–water partition coefficient (Wildman–Crippen LogP) is 11.5. The summed E-state index contributed by atoms with van der Waals surface area (Å²) in [6.07, 6.45) is 0. The van der Waals surface area contributed by atoms with Crippen molar-refractivity contribution in [2.45, 2.75) is 105 Å². The number of anilines is 10. The normalized spacial score (nSPS) is 13.3. The smallest absolute Gasteiger partial charge is 0.0937 e. The van der Waals surface area contributed by atoms with E-state index in [2.05, 4.69) is 199 Å². The van der Waals surface area contributed by atoms with Crippen LogP contribution >= 0.6 is 0 Å². The summed E-state index contributed by atoms with van der Waals surface area (Å²) >= 11 is 0. The minimum atomic E-state index is 0.0128. The van der Waals surface area contributed by atoms with Crippen LogP contribution in [-0.2, 0) is 0 Å². The SMILES string of the molecule is CN(C)c1ccc(N)cc1.CN(C)c1ccc(N2CN(c3ccc(N(C(C)(C)C)C(C)(C)C)cc3)CN(c3ccc(N(C(C)(C)C)C(C)(C)C)cc3)C2)cc1.Nc1ccc(N)cc1. The van der Waals surface area contributed by atoms with Crippen LogP contribution in [0.2, 0.25) is 0 Å². The molecule has 1 saturated heterocycles. The Morgan fingerprint density at radius 2 is 0.508 bits per heavy atom. The van der Waals surface area contributed by atoms with E-state index < -0.39 is 0 Å². The molecule has 5 aromatic carbocycles. The van der Waals surface area contributed by atoms with Crippen molar-refractivity contribution in [3.8, 4) is 0 Å². The van der Waals surface area contributed by atoms with Gasteiger partial charge in [-0.15, -0.1) is 0 Å². The maximum atomic E-state index is 5.51. The molecule has 0 saturated carbocycles. The van der Waals surface area contributed by atoms with E-state index in [1.54, 1.807) is 24.3 Å². The van der Waals surface area contributed by atoms with E-state index in [0.717, 1.165) is 37.1 Å². The highest BCUT2D eigenvalue weighted by Crippen LogP contribution is 2.36. The molecule has 1 heterocycles. The Balaban J connectivity index is 0.000000396. The molecule has 10 heteroatoms. The highest BCUT2D eigenvalue weighted by molar-refractivity contribution is 5.65. The van der Waals surface area contributed by atoms with Gasteiger partial charge >= 0.3 is 0 Å². The standard InChI is InChI=1S/C39H60N6.C8H12N2.C6H8N2/c1-36(2,3)44(37(4,5)6)34-23-19-32(20-24-34)42-27-41(31-17-15-30(16-18-31)40(13)14)28-43(29-42)33-21-25-35(26-22-33)45(38(7,8)9)39(10,11)12;1-10(2)8-5-3-7(9)4-6-8;7-5-1-2-6(8)4-3-5/h15-26H,27-29H2,1-14H3;3-6H,9H2,1-2H3;1-4H,7-8H2. The van der Waals surface area contributed by atoms with E-state index in [-0.39, 0.29) is 22.2 Å². The molecule has 1 aliphatic heterocycles. The fourth-order valence-electron chi connectivity index (χ4n) is 8.66. The topological polar surface area (TPSA) is 101 Å². The first-order valence-electron chi connectivity index (χ1n) is 22.1. The molecule has 0 bridgehead atoms. The fraction of sp³-hybridized carbons (Fsp3) is 0.434. The number of nitrogens with two attached hydrogens (primary N) is 3.